The van der Waals surface area contributed by atoms with Crippen molar-refractivity contribution in [2.75, 3.05) is 13.1 Å². The Labute approximate surface area is 150 Å². The first-order chi connectivity index (χ1) is 12.0. The second-order valence-corrected chi connectivity index (χ2v) is 7.96. The number of piperidine rings is 1. The van der Waals surface area contributed by atoms with E-state index < -0.39 is 11.9 Å². The molecule has 25 heavy (non-hydrogen) atoms. The van der Waals surface area contributed by atoms with Crippen LogP contribution in [0.3, 0.4) is 0 Å². The van der Waals surface area contributed by atoms with Gasteiger partial charge in [0.15, 0.2) is 0 Å². The van der Waals surface area contributed by atoms with Crippen molar-refractivity contribution in [3.8, 4) is 0 Å². The van der Waals surface area contributed by atoms with Crippen LogP contribution in [0.1, 0.15) is 56.1 Å². The molecule has 1 heterocycles. The minimum atomic E-state index is -0.874. The van der Waals surface area contributed by atoms with Crippen molar-refractivity contribution in [2.24, 2.45) is 11.3 Å². The highest BCUT2D eigenvalue weighted by atomic mass is 16.4. The summed E-state index contributed by atoms with van der Waals surface area (Å²) in [6.07, 6.45) is 7.97. The maximum Gasteiger partial charge on any atom is 0.307 e. The van der Waals surface area contributed by atoms with Crippen molar-refractivity contribution in [3.63, 3.8) is 0 Å². The third kappa shape index (κ3) is 4.23. The number of carbonyl (C=O) groups is 2. The van der Waals surface area contributed by atoms with Crippen molar-refractivity contribution in [2.45, 2.75) is 58.3 Å². The minimum absolute atomic E-state index is 0.00818. The second kappa shape index (κ2) is 7.59. The number of nitrogens with zero attached hydrogens (tertiary/aromatic N) is 1. The lowest BCUT2D eigenvalue weighted by molar-refractivity contribution is -0.146. The molecule has 1 unspecified atom stereocenters. The number of hydrogen-bond acceptors (Lipinski definition) is 2. The molecule has 1 spiro atoms. The van der Waals surface area contributed by atoms with E-state index in [-0.39, 0.29) is 12.3 Å². The van der Waals surface area contributed by atoms with E-state index in [1.807, 2.05) is 36.1 Å². The fraction of sp³-hybridized carbons (Fsp3) is 0.619. The Hall–Kier alpha value is -1.84. The molecule has 2 fully saturated rings. The van der Waals surface area contributed by atoms with Gasteiger partial charge in [0.1, 0.15) is 0 Å². The summed E-state index contributed by atoms with van der Waals surface area (Å²) in [5, 5.41) is 9.57. The van der Waals surface area contributed by atoms with E-state index in [1.165, 1.54) is 25.7 Å². The number of carbonyl (C=O) groups excluding carboxylic acids is 1. The third-order valence-electron chi connectivity index (χ3n) is 6.34. The Morgan fingerprint density at radius 1 is 1.12 bits per heavy atom. The molecule has 1 aliphatic heterocycles. The molecular weight excluding hydrogens is 314 g/mol. The molecule has 1 N–H and O–H groups in total. The quantitative estimate of drug-likeness (QED) is 0.884. The van der Waals surface area contributed by atoms with Crippen LogP contribution in [0.15, 0.2) is 24.3 Å². The van der Waals surface area contributed by atoms with Gasteiger partial charge in [-0.25, -0.2) is 0 Å². The zero-order valence-electron chi connectivity index (χ0n) is 15.2. The molecule has 136 valence electrons. The van der Waals surface area contributed by atoms with Gasteiger partial charge in [0, 0.05) is 19.5 Å². The van der Waals surface area contributed by atoms with Gasteiger partial charge in [0.25, 0.3) is 0 Å². The Bertz CT molecular complexity index is 624. The molecule has 0 radical (unpaired) electrons. The fourth-order valence-electron chi connectivity index (χ4n) is 4.55. The second-order valence-electron chi connectivity index (χ2n) is 7.96. The van der Waals surface area contributed by atoms with Crippen LogP contribution in [-0.4, -0.2) is 35.0 Å². The first-order valence-electron chi connectivity index (χ1n) is 9.54. The van der Waals surface area contributed by atoms with E-state index in [4.69, 9.17) is 0 Å². The molecule has 1 aromatic carbocycles. The number of amides is 1. The molecule has 1 saturated carbocycles. The molecule has 3 rings (SSSR count). The highest BCUT2D eigenvalue weighted by Gasteiger charge is 2.38. The molecular formula is C21H29NO3. The van der Waals surface area contributed by atoms with Gasteiger partial charge in [-0.15, -0.1) is 0 Å². The number of hydrogen-bond donors (Lipinski definition) is 1. The molecule has 0 bridgehead atoms. The third-order valence-corrected chi connectivity index (χ3v) is 6.34. The van der Waals surface area contributed by atoms with Crippen molar-refractivity contribution in [3.05, 3.63) is 35.4 Å². The number of rotatable bonds is 5. The maximum atomic E-state index is 12.7. The fourth-order valence-corrected chi connectivity index (χ4v) is 4.55. The Morgan fingerprint density at radius 2 is 1.76 bits per heavy atom. The van der Waals surface area contributed by atoms with Crippen LogP contribution in [0.25, 0.3) is 0 Å². The van der Waals surface area contributed by atoms with Crippen LogP contribution in [0.5, 0.6) is 0 Å². The lowest BCUT2D eigenvalue weighted by atomic mass is 9.77. The number of aryl methyl sites for hydroxylation is 1. The summed E-state index contributed by atoms with van der Waals surface area (Å²) in [6.45, 7) is 3.59. The number of carboxylic acids is 1. The lowest BCUT2D eigenvalue weighted by Gasteiger charge is -2.39. The zero-order chi connectivity index (χ0) is 17.9. The molecule has 2 aliphatic rings. The maximum absolute atomic E-state index is 12.7. The average Bonchev–Trinajstić information content (AvgIpc) is 3.04. The summed E-state index contributed by atoms with van der Waals surface area (Å²) >= 11 is 0. The Balaban J connectivity index is 1.58. The number of carboxylic acid groups (broad SMARTS) is 1. The van der Waals surface area contributed by atoms with Crippen LogP contribution >= 0.6 is 0 Å². The average molecular weight is 343 g/mol. The van der Waals surface area contributed by atoms with Crippen LogP contribution in [0.4, 0.5) is 0 Å². The highest BCUT2D eigenvalue weighted by molar-refractivity contribution is 5.82. The van der Waals surface area contributed by atoms with Gasteiger partial charge in [-0.3, -0.25) is 9.59 Å². The predicted molar refractivity (Wildman–Crippen MR) is 97.3 cm³/mol. The van der Waals surface area contributed by atoms with Crippen LogP contribution in [0, 0.1) is 18.3 Å². The lowest BCUT2D eigenvalue weighted by Crippen LogP contribution is -2.43. The molecule has 4 heteroatoms. The first kappa shape index (κ1) is 18.0. The summed E-state index contributed by atoms with van der Waals surface area (Å²) in [4.78, 5) is 26.2. The summed E-state index contributed by atoms with van der Waals surface area (Å²) in [5.41, 5.74) is 2.58. The normalized spacial score (nSPS) is 20.6. The van der Waals surface area contributed by atoms with E-state index in [0.29, 0.717) is 11.8 Å². The molecule has 1 saturated heterocycles. The van der Waals surface area contributed by atoms with Gasteiger partial charge < -0.3 is 10.0 Å². The monoisotopic (exact) mass is 343 g/mol. The van der Waals surface area contributed by atoms with Gasteiger partial charge in [-0.2, -0.15) is 0 Å². The number of aliphatic carboxylic acids is 1. The summed E-state index contributed by atoms with van der Waals surface area (Å²) < 4.78 is 0. The smallest absolute Gasteiger partial charge is 0.307 e. The Kier molecular flexibility index (Phi) is 5.45. The first-order valence-corrected chi connectivity index (χ1v) is 9.54. The predicted octanol–water partition coefficient (Wildman–Crippen LogP) is 3.81. The minimum Gasteiger partial charge on any atom is -0.481 e. The molecule has 1 amide bonds. The van der Waals surface area contributed by atoms with Crippen LogP contribution in [0.2, 0.25) is 0 Å². The van der Waals surface area contributed by atoms with Gasteiger partial charge in [-0.1, -0.05) is 37.1 Å². The van der Waals surface area contributed by atoms with E-state index >= 15 is 0 Å². The van der Waals surface area contributed by atoms with Crippen molar-refractivity contribution < 1.29 is 14.7 Å². The van der Waals surface area contributed by atoms with Gasteiger partial charge in [0.05, 0.1) is 5.92 Å². The number of likely N-dealkylation sites (tertiary alicyclic amines) is 1. The highest BCUT2D eigenvalue weighted by Crippen LogP contribution is 2.46. The van der Waals surface area contributed by atoms with E-state index in [1.54, 1.807) is 0 Å². The SMILES string of the molecule is Cc1ccccc1CC(CC(=O)N1CCC2(CCCC2)CC1)C(=O)O. The Morgan fingerprint density at radius 3 is 2.36 bits per heavy atom. The standard InChI is InChI=1S/C21H29NO3/c1-16-6-2-3-7-17(16)14-18(20(24)25)15-19(23)22-12-10-21(11-13-22)8-4-5-9-21/h2-3,6-7,18H,4-5,8-15H2,1H3,(H,24,25). The zero-order valence-corrected chi connectivity index (χ0v) is 15.2. The summed E-state index contributed by atoms with van der Waals surface area (Å²) in [5.74, 6) is -1.51. The molecule has 1 atom stereocenters. The van der Waals surface area contributed by atoms with Gasteiger partial charge in [-0.05, 0) is 55.6 Å². The van der Waals surface area contributed by atoms with Crippen molar-refractivity contribution >= 4 is 11.9 Å². The van der Waals surface area contributed by atoms with E-state index in [0.717, 1.165) is 37.1 Å². The van der Waals surface area contributed by atoms with E-state index in [2.05, 4.69) is 0 Å². The van der Waals surface area contributed by atoms with Crippen LogP contribution < -0.4 is 0 Å². The topological polar surface area (TPSA) is 57.6 Å². The summed E-state index contributed by atoms with van der Waals surface area (Å²) in [6, 6.07) is 7.82. The summed E-state index contributed by atoms with van der Waals surface area (Å²) in [7, 11) is 0. The molecule has 1 aromatic rings. The van der Waals surface area contributed by atoms with Gasteiger partial charge in [0.2, 0.25) is 5.91 Å². The van der Waals surface area contributed by atoms with Crippen molar-refractivity contribution in [1.82, 2.24) is 4.90 Å². The largest absolute Gasteiger partial charge is 0.481 e. The van der Waals surface area contributed by atoms with Crippen molar-refractivity contribution in [1.29, 1.82) is 0 Å². The van der Waals surface area contributed by atoms with E-state index in [9.17, 15) is 14.7 Å². The van der Waals surface area contributed by atoms with Gasteiger partial charge >= 0.3 is 5.97 Å². The molecule has 4 nitrogen and oxygen atoms in total. The molecule has 1 aliphatic carbocycles. The number of benzene rings is 1. The molecule has 0 aromatic heterocycles. The van der Waals surface area contributed by atoms with Crippen LogP contribution in [-0.2, 0) is 16.0 Å².